The molecule has 2 N–H and O–H groups in total. The van der Waals surface area contributed by atoms with Crippen molar-refractivity contribution in [3.63, 3.8) is 0 Å². The third kappa shape index (κ3) is 4.60. The first kappa shape index (κ1) is 15.5. The largest absolute Gasteiger partial charge is 0.323 e. The van der Waals surface area contributed by atoms with Gasteiger partial charge in [-0.15, -0.1) is 0 Å². The highest BCUT2D eigenvalue weighted by molar-refractivity contribution is 6.30. The van der Waals surface area contributed by atoms with Gasteiger partial charge in [0.25, 0.3) is 5.69 Å². The van der Waals surface area contributed by atoms with Crippen molar-refractivity contribution in [1.82, 2.24) is 5.32 Å². The molecule has 0 fully saturated rings. The number of anilines is 1. The highest BCUT2D eigenvalue weighted by atomic mass is 35.5. The van der Waals surface area contributed by atoms with Gasteiger partial charge in [-0.05, 0) is 35.9 Å². The van der Waals surface area contributed by atoms with Crippen molar-refractivity contribution < 1.29 is 9.72 Å². The van der Waals surface area contributed by atoms with E-state index in [9.17, 15) is 14.9 Å². The maximum absolute atomic E-state index is 11.6. The molecular formula is C15H12ClN3O3. The molecule has 0 atom stereocenters. The van der Waals surface area contributed by atoms with Crippen molar-refractivity contribution in [3.05, 3.63) is 75.4 Å². The van der Waals surface area contributed by atoms with Gasteiger partial charge < -0.3 is 10.6 Å². The van der Waals surface area contributed by atoms with Crippen molar-refractivity contribution >= 4 is 35.1 Å². The van der Waals surface area contributed by atoms with E-state index in [1.54, 1.807) is 18.2 Å². The van der Waals surface area contributed by atoms with Crippen LogP contribution in [0.5, 0.6) is 0 Å². The van der Waals surface area contributed by atoms with Crippen LogP contribution < -0.4 is 10.6 Å². The Morgan fingerprint density at radius 1 is 1.09 bits per heavy atom. The zero-order valence-electron chi connectivity index (χ0n) is 11.3. The van der Waals surface area contributed by atoms with E-state index in [0.29, 0.717) is 10.7 Å². The third-order valence-corrected chi connectivity index (χ3v) is 2.95. The van der Waals surface area contributed by atoms with Gasteiger partial charge in [-0.3, -0.25) is 10.1 Å². The Morgan fingerprint density at radius 3 is 2.32 bits per heavy atom. The average molecular weight is 318 g/mol. The zero-order valence-corrected chi connectivity index (χ0v) is 12.1. The Bertz CT molecular complexity index is 697. The number of urea groups is 1. The first-order chi connectivity index (χ1) is 10.5. The summed E-state index contributed by atoms with van der Waals surface area (Å²) in [4.78, 5) is 21.7. The van der Waals surface area contributed by atoms with Gasteiger partial charge in [-0.25, -0.2) is 4.79 Å². The molecule has 2 rings (SSSR count). The predicted molar refractivity (Wildman–Crippen MR) is 85.7 cm³/mol. The number of non-ortho nitro benzene ring substituents is 1. The van der Waals surface area contributed by atoms with Crippen LogP contribution in [0.15, 0.2) is 54.7 Å². The van der Waals surface area contributed by atoms with Crippen molar-refractivity contribution in [2.45, 2.75) is 0 Å². The number of hydrogen-bond donors (Lipinski definition) is 2. The minimum absolute atomic E-state index is 0.0337. The second kappa shape index (κ2) is 7.24. The number of benzene rings is 2. The first-order valence-electron chi connectivity index (χ1n) is 6.29. The molecule has 0 aliphatic carbocycles. The first-order valence-corrected chi connectivity index (χ1v) is 6.66. The lowest BCUT2D eigenvalue weighted by Gasteiger charge is -2.04. The fourth-order valence-electron chi connectivity index (χ4n) is 1.62. The van der Waals surface area contributed by atoms with Gasteiger partial charge in [-0.2, -0.15) is 0 Å². The van der Waals surface area contributed by atoms with Gasteiger partial charge >= 0.3 is 6.03 Å². The van der Waals surface area contributed by atoms with Crippen LogP contribution in [-0.4, -0.2) is 11.0 Å². The topological polar surface area (TPSA) is 84.3 Å². The molecule has 0 aliphatic rings. The molecule has 0 saturated heterocycles. The Labute approximate surface area is 131 Å². The number of halogens is 1. The fraction of sp³-hybridized carbons (Fsp3) is 0. The van der Waals surface area contributed by atoms with Crippen molar-refractivity contribution in [2.24, 2.45) is 0 Å². The Kier molecular flexibility index (Phi) is 5.11. The summed E-state index contributed by atoms with van der Waals surface area (Å²) in [5, 5.41) is 16.3. The number of nitro benzene ring substituents is 1. The van der Waals surface area contributed by atoms with Crippen LogP contribution >= 0.6 is 11.6 Å². The molecule has 0 heterocycles. The molecule has 0 spiro atoms. The summed E-state index contributed by atoms with van der Waals surface area (Å²) >= 11 is 5.77. The van der Waals surface area contributed by atoms with Gasteiger partial charge in [0, 0.05) is 29.0 Å². The minimum atomic E-state index is -0.501. The molecule has 2 aromatic carbocycles. The maximum atomic E-state index is 11.6. The van der Waals surface area contributed by atoms with Crippen LogP contribution in [-0.2, 0) is 0 Å². The van der Waals surface area contributed by atoms with Gasteiger partial charge in [-0.1, -0.05) is 23.7 Å². The van der Waals surface area contributed by atoms with Gasteiger partial charge in [0.15, 0.2) is 0 Å². The molecule has 0 aliphatic heterocycles. The van der Waals surface area contributed by atoms with Crippen molar-refractivity contribution in [1.29, 1.82) is 0 Å². The van der Waals surface area contributed by atoms with E-state index in [1.165, 1.54) is 30.5 Å². The van der Waals surface area contributed by atoms with E-state index < -0.39 is 11.0 Å². The molecule has 2 amide bonds. The number of amides is 2. The van der Waals surface area contributed by atoms with E-state index in [4.69, 9.17) is 11.6 Å². The SMILES string of the molecule is O=C(N/C=C/c1ccc(Cl)cc1)Nc1ccc([N+](=O)[O-])cc1. The maximum Gasteiger partial charge on any atom is 0.323 e. The Balaban J connectivity index is 1.87. The normalized spacial score (nSPS) is 10.4. The van der Waals surface area contributed by atoms with E-state index in [2.05, 4.69) is 10.6 Å². The molecule has 0 aromatic heterocycles. The minimum Gasteiger partial charge on any atom is -0.314 e. The lowest BCUT2D eigenvalue weighted by molar-refractivity contribution is -0.384. The molecule has 0 radical (unpaired) electrons. The lowest BCUT2D eigenvalue weighted by atomic mass is 10.2. The number of nitrogens with one attached hydrogen (secondary N) is 2. The average Bonchev–Trinajstić information content (AvgIpc) is 2.50. The summed E-state index contributed by atoms with van der Waals surface area (Å²) in [6.07, 6.45) is 3.20. The van der Waals surface area contributed by atoms with Crippen LogP contribution in [0.3, 0.4) is 0 Å². The summed E-state index contributed by atoms with van der Waals surface area (Å²) in [7, 11) is 0. The van der Waals surface area contributed by atoms with Crippen LogP contribution in [0.25, 0.3) is 6.08 Å². The summed E-state index contributed by atoms with van der Waals surface area (Å²) in [5.74, 6) is 0. The molecule has 0 unspecified atom stereocenters. The fourth-order valence-corrected chi connectivity index (χ4v) is 1.75. The highest BCUT2D eigenvalue weighted by Gasteiger charge is 2.05. The molecule has 2 aromatic rings. The number of nitrogens with zero attached hydrogens (tertiary/aromatic N) is 1. The van der Waals surface area contributed by atoms with Gasteiger partial charge in [0.05, 0.1) is 4.92 Å². The van der Waals surface area contributed by atoms with Crippen molar-refractivity contribution in [3.8, 4) is 0 Å². The molecule has 0 bridgehead atoms. The number of rotatable bonds is 4. The van der Waals surface area contributed by atoms with E-state index >= 15 is 0 Å². The zero-order chi connectivity index (χ0) is 15.9. The van der Waals surface area contributed by atoms with E-state index in [-0.39, 0.29) is 5.69 Å². The van der Waals surface area contributed by atoms with E-state index in [0.717, 1.165) is 5.56 Å². The highest BCUT2D eigenvalue weighted by Crippen LogP contribution is 2.15. The molecule has 6 nitrogen and oxygen atoms in total. The van der Waals surface area contributed by atoms with Crippen LogP contribution in [0.4, 0.5) is 16.2 Å². The van der Waals surface area contributed by atoms with Crippen LogP contribution in [0, 0.1) is 10.1 Å². The third-order valence-electron chi connectivity index (χ3n) is 2.70. The predicted octanol–water partition coefficient (Wildman–Crippen LogP) is 4.04. The molecule has 7 heteroatoms. The Morgan fingerprint density at radius 2 is 1.73 bits per heavy atom. The van der Waals surface area contributed by atoms with Gasteiger partial charge in [0.2, 0.25) is 0 Å². The smallest absolute Gasteiger partial charge is 0.314 e. The number of nitro groups is 1. The number of hydrogen-bond acceptors (Lipinski definition) is 3. The molecule has 22 heavy (non-hydrogen) atoms. The van der Waals surface area contributed by atoms with Crippen LogP contribution in [0.1, 0.15) is 5.56 Å². The molecule has 0 saturated carbocycles. The van der Waals surface area contributed by atoms with Crippen LogP contribution in [0.2, 0.25) is 5.02 Å². The lowest BCUT2D eigenvalue weighted by Crippen LogP contribution is -2.23. The quantitative estimate of drug-likeness (QED) is 0.659. The molecule has 112 valence electrons. The summed E-state index contributed by atoms with van der Waals surface area (Å²) < 4.78 is 0. The second-order valence-corrected chi connectivity index (χ2v) is 4.72. The monoisotopic (exact) mass is 317 g/mol. The van der Waals surface area contributed by atoms with E-state index in [1.807, 2.05) is 12.1 Å². The standard InChI is InChI=1S/C15H12ClN3O3/c16-12-3-1-11(2-4-12)9-10-17-15(20)18-13-5-7-14(8-6-13)19(21)22/h1-10H,(H2,17,18,20)/b10-9+. The number of carbonyl (C=O) groups excluding carboxylic acids is 1. The summed E-state index contributed by atoms with van der Waals surface area (Å²) in [6.45, 7) is 0. The second-order valence-electron chi connectivity index (χ2n) is 4.29. The number of carbonyl (C=O) groups is 1. The summed E-state index contributed by atoms with van der Waals surface area (Å²) in [5.41, 5.74) is 1.32. The molecular weight excluding hydrogens is 306 g/mol. The van der Waals surface area contributed by atoms with Crippen molar-refractivity contribution in [2.75, 3.05) is 5.32 Å². The Hall–Kier alpha value is -2.86. The van der Waals surface area contributed by atoms with Gasteiger partial charge in [0.1, 0.15) is 0 Å². The summed E-state index contributed by atoms with van der Waals surface area (Å²) in [6, 6.07) is 12.2.